The second kappa shape index (κ2) is 7.83. The van der Waals surface area contributed by atoms with Crippen molar-refractivity contribution in [2.45, 2.75) is 75.3 Å². The molecule has 2 saturated carbocycles. The minimum atomic E-state index is -1.62. The number of likely N-dealkylation sites (N-methyl/N-ethyl adjacent to an activating group) is 2. The van der Waals surface area contributed by atoms with E-state index in [0.29, 0.717) is 25.9 Å². The topological polar surface area (TPSA) is 67.8 Å². The SMILES string of the molecule is CNC1=CC(N2CC3(CCC3)c3c2ncnc3N2C[C@@H](C)N(C(=O)C3(F)CC3)C[C@@H]2C)N(C)C=C1. The summed E-state index contributed by atoms with van der Waals surface area (Å²) < 4.78 is 14.6. The van der Waals surface area contributed by atoms with Gasteiger partial charge in [0.2, 0.25) is 0 Å². The van der Waals surface area contributed by atoms with Crippen LogP contribution < -0.4 is 15.1 Å². The van der Waals surface area contributed by atoms with E-state index in [9.17, 15) is 9.18 Å². The quantitative estimate of drug-likeness (QED) is 0.709. The number of anilines is 2. The Morgan fingerprint density at radius 2 is 1.80 bits per heavy atom. The highest BCUT2D eigenvalue weighted by Crippen LogP contribution is 2.55. The van der Waals surface area contributed by atoms with Crippen LogP contribution in [0.15, 0.2) is 30.4 Å². The molecule has 9 heteroatoms. The van der Waals surface area contributed by atoms with Crippen molar-refractivity contribution in [3.8, 4) is 0 Å². The van der Waals surface area contributed by atoms with Gasteiger partial charge >= 0.3 is 0 Å². The fourth-order valence-electron chi connectivity index (χ4n) is 6.37. The third-order valence-corrected chi connectivity index (χ3v) is 8.83. The van der Waals surface area contributed by atoms with E-state index in [2.05, 4.69) is 52.3 Å². The van der Waals surface area contributed by atoms with Crippen molar-refractivity contribution in [1.82, 2.24) is 25.1 Å². The predicted octanol–water partition coefficient (Wildman–Crippen LogP) is 2.53. The van der Waals surface area contributed by atoms with Crippen molar-refractivity contribution in [2.75, 3.05) is 43.5 Å². The summed E-state index contributed by atoms with van der Waals surface area (Å²) in [6.07, 6.45) is 12.4. The summed E-state index contributed by atoms with van der Waals surface area (Å²) in [4.78, 5) is 31.2. The number of hydrogen-bond acceptors (Lipinski definition) is 7. The monoisotopic (exact) mass is 481 g/mol. The zero-order valence-corrected chi connectivity index (χ0v) is 21.2. The first kappa shape index (κ1) is 22.6. The van der Waals surface area contributed by atoms with Crippen LogP contribution in [-0.2, 0) is 10.2 Å². The van der Waals surface area contributed by atoms with Crippen molar-refractivity contribution in [3.05, 3.63) is 35.9 Å². The number of piperazine rings is 1. The van der Waals surface area contributed by atoms with Crippen LogP contribution in [0.4, 0.5) is 16.0 Å². The van der Waals surface area contributed by atoms with Crippen molar-refractivity contribution in [1.29, 1.82) is 0 Å². The lowest BCUT2D eigenvalue weighted by molar-refractivity contribution is -0.141. The number of carbonyl (C=O) groups excluding carboxylic acids is 1. The van der Waals surface area contributed by atoms with Gasteiger partial charge in [-0.3, -0.25) is 4.79 Å². The fourth-order valence-corrected chi connectivity index (χ4v) is 6.37. The highest BCUT2D eigenvalue weighted by Gasteiger charge is 2.55. The molecule has 3 aliphatic heterocycles. The molecule has 1 spiro atoms. The molecule has 35 heavy (non-hydrogen) atoms. The maximum atomic E-state index is 14.6. The van der Waals surface area contributed by atoms with E-state index >= 15 is 0 Å². The zero-order chi connectivity index (χ0) is 24.5. The van der Waals surface area contributed by atoms with Crippen LogP contribution in [0.25, 0.3) is 0 Å². The summed E-state index contributed by atoms with van der Waals surface area (Å²) >= 11 is 0. The predicted molar refractivity (Wildman–Crippen MR) is 134 cm³/mol. The number of hydrogen-bond donors (Lipinski definition) is 1. The van der Waals surface area contributed by atoms with Gasteiger partial charge in [-0.05, 0) is 51.7 Å². The first-order valence-electron chi connectivity index (χ1n) is 12.9. The molecule has 1 saturated heterocycles. The van der Waals surface area contributed by atoms with Crippen LogP contribution in [0.1, 0.15) is 51.5 Å². The molecule has 6 rings (SSSR count). The number of carbonyl (C=O) groups is 1. The van der Waals surface area contributed by atoms with E-state index in [-0.39, 0.29) is 29.6 Å². The molecule has 0 bridgehead atoms. The number of allylic oxidation sites excluding steroid dienone is 1. The van der Waals surface area contributed by atoms with Crippen molar-refractivity contribution >= 4 is 17.5 Å². The van der Waals surface area contributed by atoms with Crippen LogP contribution in [-0.4, -0.2) is 83.3 Å². The van der Waals surface area contributed by atoms with Crippen molar-refractivity contribution in [3.63, 3.8) is 0 Å². The summed E-state index contributed by atoms with van der Waals surface area (Å²) in [7, 11) is 4.06. The van der Waals surface area contributed by atoms with Gasteiger partial charge in [0.05, 0.1) is 0 Å². The van der Waals surface area contributed by atoms with Gasteiger partial charge in [-0.2, -0.15) is 0 Å². The summed E-state index contributed by atoms with van der Waals surface area (Å²) in [5.74, 6) is 1.69. The molecule has 2 aliphatic carbocycles. The molecule has 1 amide bonds. The molecular weight excluding hydrogens is 445 g/mol. The Balaban J connectivity index is 1.34. The van der Waals surface area contributed by atoms with Gasteiger partial charge in [-0.25, -0.2) is 14.4 Å². The van der Waals surface area contributed by atoms with E-state index in [1.54, 1.807) is 11.2 Å². The summed E-state index contributed by atoms with van der Waals surface area (Å²) in [6, 6.07) is -0.0122. The van der Waals surface area contributed by atoms with Crippen molar-refractivity contribution < 1.29 is 9.18 Å². The van der Waals surface area contributed by atoms with Crippen LogP contribution in [0, 0.1) is 0 Å². The molecular formula is C26H36FN7O. The van der Waals surface area contributed by atoms with Gasteiger partial charge in [0.1, 0.15) is 24.1 Å². The molecule has 1 unspecified atom stereocenters. The van der Waals surface area contributed by atoms with Gasteiger partial charge in [0.25, 0.3) is 5.91 Å². The lowest BCUT2D eigenvalue weighted by atomic mass is 9.66. The van der Waals surface area contributed by atoms with Gasteiger partial charge in [-0.15, -0.1) is 0 Å². The number of nitrogens with one attached hydrogen (secondary N) is 1. The maximum absolute atomic E-state index is 14.6. The Bertz CT molecular complexity index is 1100. The molecule has 1 aromatic heterocycles. The van der Waals surface area contributed by atoms with Crippen molar-refractivity contribution in [2.24, 2.45) is 0 Å². The third-order valence-electron chi connectivity index (χ3n) is 8.83. The fraction of sp³-hybridized carbons (Fsp3) is 0.654. The Morgan fingerprint density at radius 1 is 1.09 bits per heavy atom. The molecule has 188 valence electrons. The third kappa shape index (κ3) is 3.41. The highest BCUT2D eigenvalue weighted by molar-refractivity contribution is 5.88. The summed E-state index contributed by atoms with van der Waals surface area (Å²) in [5.41, 5.74) is 0.803. The number of fused-ring (bicyclic) bond motifs is 2. The number of rotatable bonds is 4. The second-order valence-electron chi connectivity index (χ2n) is 11.2. The first-order chi connectivity index (χ1) is 16.8. The van der Waals surface area contributed by atoms with Gasteiger partial charge in [0, 0.05) is 68.7 Å². The smallest absolute Gasteiger partial charge is 0.260 e. The molecule has 1 N–H and O–H groups in total. The van der Waals surface area contributed by atoms with E-state index in [1.807, 2.05) is 14.0 Å². The van der Waals surface area contributed by atoms with E-state index in [4.69, 9.17) is 9.97 Å². The minimum Gasteiger partial charge on any atom is -0.388 e. The summed E-state index contributed by atoms with van der Waals surface area (Å²) in [5, 5.41) is 3.27. The first-order valence-corrected chi connectivity index (χ1v) is 12.9. The summed E-state index contributed by atoms with van der Waals surface area (Å²) in [6.45, 7) is 6.25. The number of amides is 1. The number of aromatic nitrogens is 2. The van der Waals surface area contributed by atoms with E-state index < -0.39 is 5.67 Å². The number of nitrogens with zero attached hydrogens (tertiary/aromatic N) is 6. The molecule has 4 heterocycles. The van der Waals surface area contributed by atoms with Crippen LogP contribution in [0.3, 0.4) is 0 Å². The van der Waals surface area contributed by atoms with E-state index in [1.165, 1.54) is 12.0 Å². The molecule has 3 fully saturated rings. The van der Waals surface area contributed by atoms with Crippen LogP contribution in [0.5, 0.6) is 0 Å². The van der Waals surface area contributed by atoms with Crippen LogP contribution in [0.2, 0.25) is 0 Å². The molecule has 3 atom stereocenters. The Morgan fingerprint density at radius 3 is 2.43 bits per heavy atom. The molecule has 8 nitrogen and oxygen atoms in total. The number of alkyl halides is 1. The molecule has 0 aromatic carbocycles. The van der Waals surface area contributed by atoms with Gasteiger partial charge in [-0.1, -0.05) is 6.42 Å². The standard InChI is InChI=1S/C26H36FN7O/c1-17-14-33(24(35)26(27)9-10-26)18(2)13-32(17)22-21-23(30-16-29-22)34(15-25(21)7-5-8-25)20-12-19(28-3)6-11-31(20)4/h6,11-12,16-18,20,28H,5,7-10,13-15H2,1-4H3/t17-,18+,20?/m0/s1. The Hall–Kier alpha value is -2.84. The molecule has 5 aliphatic rings. The lowest BCUT2D eigenvalue weighted by Crippen LogP contribution is -2.60. The van der Waals surface area contributed by atoms with Gasteiger partial charge < -0.3 is 24.9 Å². The highest BCUT2D eigenvalue weighted by atomic mass is 19.1. The number of halogens is 1. The maximum Gasteiger partial charge on any atom is 0.260 e. The minimum absolute atomic E-state index is 0.0544. The molecule has 0 radical (unpaired) electrons. The lowest BCUT2D eigenvalue weighted by Gasteiger charge is -2.47. The molecule has 1 aromatic rings. The van der Waals surface area contributed by atoms with E-state index in [0.717, 1.165) is 36.7 Å². The largest absolute Gasteiger partial charge is 0.388 e. The average molecular weight is 482 g/mol. The average Bonchev–Trinajstić information content (AvgIpc) is 3.48. The van der Waals surface area contributed by atoms with Gasteiger partial charge in [0.15, 0.2) is 5.67 Å². The Kier molecular flexibility index (Phi) is 5.06. The normalized spacial score (nSPS) is 30.2. The second-order valence-corrected chi connectivity index (χ2v) is 11.2. The van der Waals surface area contributed by atoms with Crippen LogP contribution >= 0.6 is 0 Å². The zero-order valence-electron chi connectivity index (χ0n) is 21.2. The Labute approximate surface area is 206 Å².